The number of carboxylic acids is 1. The first-order chi connectivity index (χ1) is 7.20. The summed E-state index contributed by atoms with van der Waals surface area (Å²) >= 11 is 0. The molecule has 0 saturated heterocycles. The zero-order valence-corrected chi connectivity index (χ0v) is 8.48. The molecule has 0 fully saturated rings. The van der Waals surface area contributed by atoms with E-state index in [0.29, 0.717) is 24.8 Å². The Morgan fingerprint density at radius 1 is 1.00 bits per heavy atom. The molecule has 0 spiro atoms. The number of benzene rings is 1. The van der Waals surface area contributed by atoms with Crippen LogP contribution in [-0.4, -0.2) is 46.4 Å². The molecule has 1 aromatic carbocycles. The minimum atomic E-state index is -0.804. The van der Waals surface area contributed by atoms with Crippen molar-refractivity contribution in [1.29, 1.82) is 0 Å². The van der Waals surface area contributed by atoms with E-state index in [-0.39, 0.29) is 41.8 Å². The van der Waals surface area contributed by atoms with Crippen molar-refractivity contribution in [1.82, 2.24) is 0 Å². The van der Waals surface area contributed by atoms with Gasteiger partial charge in [-0.1, -0.05) is 30.3 Å². The van der Waals surface area contributed by atoms with Gasteiger partial charge in [-0.15, -0.1) is 0 Å². The predicted molar refractivity (Wildman–Crippen MR) is 64.0 cm³/mol. The van der Waals surface area contributed by atoms with Crippen LogP contribution in [0.4, 0.5) is 0 Å². The van der Waals surface area contributed by atoms with Gasteiger partial charge in [0.2, 0.25) is 0 Å². The van der Waals surface area contributed by atoms with Gasteiger partial charge in [0.05, 0.1) is 0 Å². The average Bonchev–Trinajstić information content (AvgIpc) is 2.25. The van der Waals surface area contributed by atoms with E-state index >= 15 is 0 Å². The maximum atomic E-state index is 11.5. The van der Waals surface area contributed by atoms with Gasteiger partial charge in [-0.2, -0.15) is 0 Å². The molecule has 0 aromatic heterocycles. The summed E-state index contributed by atoms with van der Waals surface area (Å²) in [6.45, 7) is 0. The summed E-state index contributed by atoms with van der Waals surface area (Å²) in [4.78, 5) is 21.8. The van der Waals surface area contributed by atoms with Crippen molar-refractivity contribution in [2.45, 2.75) is 25.7 Å². The molecule has 0 heterocycles. The van der Waals surface area contributed by atoms with Crippen molar-refractivity contribution < 1.29 is 14.7 Å². The van der Waals surface area contributed by atoms with Crippen LogP contribution in [0.2, 0.25) is 0 Å². The summed E-state index contributed by atoms with van der Waals surface area (Å²) < 4.78 is 0. The second kappa shape index (κ2) is 8.50. The Hall–Kier alpha value is -0.640. The molecule has 82 valence electrons. The van der Waals surface area contributed by atoms with Crippen LogP contribution >= 0.6 is 0 Å². The van der Waals surface area contributed by atoms with Crippen molar-refractivity contribution >= 4 is 41.3 Å². The summed E-state index contributed by atoms with van der Waals surface area (Å²) in [5, 5.41) is 8.41. The van der Waals surface area contributed by atoms with E-state index in [9.17, 15) is 9.59 Å². The molecule has 1 rings (SSSR count). The van der Waals surface area contributed by atoms with E-state index in [1.807, 2.05) is 18.2 Å². The third-order valence-corrected chi connectivity index (χ3v) is 2.14. The molecule has 4 heteroatoms. The van der Waals surface area contributed by atoms with Crippen LogP contribution in [0.25, 0.3) is 0 Å². The summed E-state index contributed by atoms with van der Waals surface area (Å²) in [5.41, 5.74) is 0.702. The summed E-state index contributed by atoms with van der Waals surface area (Å²) in [5.74, 6) is -0.719. The first-order valence-electron chi connectivity index (χ1n) is 5.00. The molecular weight excluding hydrogens is 215 g/mol. The zero-order valence-electron chi connectivity index (χ0n) is 8.48. The van der Waals surface area contributed by atoms with Gasteiger partial charge < -0.3 is 5.11 Å². The van der Waals surface area contributed by atoms with Gasteiger partial charge in [0, 0.05) is 18.4 Å². The van der Waals surface area contributed by atoms with Crippen LogP contribution in [0.1, 0.15) is 36.0 Å². The fourth-order valence-corrected chi connectivity index (χ4v) is 1.33. The van der Waals surface area contributed by atoms with Crippen molar-refractivity contribution in [3.8, 4) is 0 Å². The number of carboxylic acid groups (broad SMARTS) is 1. The number of aliphatic carboxylic acids is 1. The van der Waals surface area contributed by atoms with Gasteiger partial charge in [0.25, 0.3) is 0 Å². The third-order valence-electron chi connectivity index (χ3n) is 2.14. The fourth-order valence-electron chi connectivity index (χ4n) is 1.33. The van der Waals surface area contributed by atoms with Crippen LogP contribution in [0.3, 0.4) is 0 Å². The SMILES string of the molecule is O=C(O)CCCCC(=O)c1ccccc1.[NaH]. The second-order valence-electron chi connectivity index (χ2n) is 3.39. The number of rotatable bonds is 6. The molecule has 0 unspecified atom stereocenters. The van der Waals surface area contributed by atoms with Gasteiger partial charge in [-0.25, -0.2) is 0 Å². The number of carbonyl (C=O) groups excluding carboxylic acids is 1. The van der Waals surface area contributed by atoms with Crippen molar-refractivity contribution in [2.24, 2.45) is 0 Å². The Morgan fingerprint density at radius 2 is 1.56 bits per heavy atom. The van der Waals surface area contributed by atoms with Gasteiger partial charge in [-0.05, 0) is 12.8 Å². The number of carbonyl (C=O) groups is 2. The van der Waals surface area contributed by atoms with Crippen molar-refractivity contribution in [3.63, 3.8) is 0 Å². The number of hydrogen-bond donors (Lipinski definition) is 1. The van der Waals surface area contributed by atoms with E-state index in [4.69, 9.17) is 5.11 Å². The number of hydrogen-bond acceptors (Lipinski definition) is 2. The van der Waals surface area contributed by atoms with E-state index in [2.05, 4.69) is 0 Å². The van der Waals surface area contributed by atoms with Crippen LogP contribution in [0.15, 0.2) is 30.3 Å². The van der Waals surface area contributed by atoms with Gasteiger partial charge in [0.1, 0.15) is 0 Å². The zero-order chi connectivity index (χ0) is 11.1. The van der Waals surface area contributed by atoms with E-state index in [1.165, 1.54) is 0 Å². The topological polar surface area (TPSA) is 54.4 Å². The molecule has 0 saturated carbocycles. The molecule has 0 aliphatic carbocycles. The monoisotopic (exact) mass is 230 g/mol. The molecule has 0 amide bonds. The number of ketones is 1. The van der Waals surface area contributed by atoms with Crippen LogP contribution < -0.4 is 0 Å². The van der Waals surface area contributed by atoms with Crippen LogP contribution in [0.5, 0.6) is 0 Å². The van der Waals surface area contributed by atoms with Crippen molar-refractivity contribution in [2.75, 3.05) is 0 Å². The quantitative estimate of drug-likeness (QED) is 0.461. The maximum absolute atomic E-state index is 11.5. The second-order valence-corrected chi connectivity index (χ2v) is 3.39. The van der Waals surface area contributed by atoms with Crippen LogP contribution in [0, 0.1) is 0 Å². The Balaban J connectivity index is 0.00000225. The standard InChI is InChI=1S/C12H14O3.Na.H/c13-11(8-4-5-9-12(14)15)10-6-2-1-3-7-10;;/h1-3,6-7H,4-5,8-9H2,(H,14,15);;. The van der Waals surface area contributed by atoms with E-state index in [0.717, 1.165) is 0 Å². The summed E-state index contributed by atoms with van der Waals surface area (Å²) in [7, 11) is 0. The first-order valence-corrected chi connectivity index (χ1v) is 5.00. The van der Waals surface area contributed by atoms with Gasteiger partial charge >= 0.3 is 35.5 Å². The molecule has 0 atom stereocenters. The molecule has 0 radical (unpaired) electrons. The van der Waals surface area contributed by atoms with Gasteiger partial charge in [0.15, 0.2) is 5.78 Å². The summed E-state index contributed by atoms with van der Waals surface area (Å²) in [6.07, 6.45) is 1.77. The van der Waals surface area contributed by atoms with E-state index in [1.54, 1.807) is 12.1 Å². The molecule has 1 aromatic rings. The molecule has 3 nitrogen and oxygen atoms in total. The predicted octanol–water partition coefficient (Wildman–Crippen LogP) is 1.87. The molecule has 0 bridgehead atoms. The number of unbranched alkanes of at least 4 members (excludes halogenated alkanes) is 1. The molecule has 16 heavy (non-hydrogen) atoms. The van der Waals surface area contributed by atoms with Crippen LogP contribution in [-0.2, 0) is 4.79 Å². The molecule has 0 aliphatic heterocycles. The molecular formula is C12H15NaO3. The van der Waals surface area contributed by atoms with Crippen molar-refractivity contribution in [3.05, 3.63) is 35.9 Å². The average molecular weight is 230 g/mol. The fraction of sp³-hybridized carbons (Fsp3) is 0.333. The molecule has 1 N–H and O–H groups in total. The Kier molecular flexibility index (Phi) is 8.16. The Bertz CT molecular complexity index is 335. The molecule has 0 aliphatic rings. The summed E-state index contributed by atoms with van der Waals surface area (Å²) in [6, 6.07) is 9.06. The Morgan fingerprint density at radius 3 is 2.12 bits per heavy atom. The first kappa shape index (κ1) is 15.4. The Labute approximate surface area is 117 Å². The minimum absolute atomic E-state index is 0. The number of Topliss-reactive ketones (excluding diaryl/α,β-unsaturated/α-hetero) is 1. The van der Waals surface area contributed by atoms with Gasteiger partial charge in [-0.3, -0.25) is 9.59 Å². The third kappa shape index (κ3) is 6.05. The normalized spacial score (nSPS) is 9.25. The van der Waals surface area contributed by atoms with E-state index < -0.39 is 5.97 Å².